The maximum absolute atomic E-state index is 12.6. The number of benzene rings is 3. The molecule has 1 N–H and O–H groups in total. The van der Waals surface area contributed by atoms with Crippen LogP contribution in [0.5, 0.6) is 0 Å². The van der Waals surface area contributed by atoms with Gasteiger partial charge in [-0.3, -0.25) is 0 Å². The molecule has 0 aliphatic heterocycles. The van der Waals surface area contributed by atoms with Crippen LogP contribution in [0, 0.1) is 0 Å². The van der Waals surface area contributed by atoms with Crippen molar-refractivity contribution < 1.29 is 13.2 Å². The molecule has 0 saturated carbocycles. The molecule has 4 heteroatoms. The van der Waals surface area contributed by atoms with Crippen LogP contribution in [0.15, 0.2) is 91.0 Å². The second kappa shape index (κ2) is 10.1. The van der Waals surface area contributed by atoms with Crippen LogP contribution in [-0.2, 0) is 12.7 Å². The molecular formula is C25H24F3N. The maximum atomic E-state index is 12.6. The summed E-state index contributed by atoms with van der Waals surface area (Å²) in [5.74, 6) is 0. The molecule has 0 unspecified atom stereocenters. The van der Waals surface area contributed by atoms with E-state index in [-0.39, 0.29) is 0 Å². The van der Waals surface area contributed by atoms with Crippen LogP contribution < -0.4 is 5.32 Å². The topological polar surface area (TPSA) is 12.0 Å². The minimum absolute atomic E-state index is 0.562. The first-order valence-electron chi connectivity index (χ1n) is 9.72. The quantitative estimate of drug-likeness (QED) is 0.418. The number of alkyl halides is 3. The fourth-order valence-electron chi connectivity index (χ4n) is 3.16. The van der Waals surface area contributed by atoms with Crippen LogP contribution in [0.1, 0.15) is 35.1 Å². The largest absolute Gasteiger partial charge is 0.416 e. The molecular weight excluding hydrogens is 371 g/mol. The summed E-state index contributed by atoms with van der Waals surface area (Å²) in [6.45, 7) is 1.36. The fraction of sp³-hybridized carbons (Fsp3) is 0.200. The van der Waals surface area contributed by atoms with Gasteiger partial charge in [0, 0.05) is 6.54 Å². The predicted octanol–water partition coefficient (Wildman–Crippen LogP) is 6.71. The van der Waals surface area contributed by atoms with Crippen LogP contribution in [0.2, 0.25) is 0 Å². The molecule has 0 aliphatic rings. The maximum Gasteiger partial charge on any atom is 0.416 e. The van der Waals surface area contributed by atoms with E-state index in [1.807, 2.05) is 36.4 Å². The predicted molar refractivity (Wildman–Crippen MR) is 112 cm³/mol. The lowest BCUT2D eigenvalue weighted by Crippen LogP contribution is -2.14. The summed E-state index contributed by atoms with van der Waals surface area (Å²) in [7, 11) is 0. The summed E-state index contributed by atoms with van der Waals surface area (Å²) in [5.41, 5.74) is 3.84. The van der Waals surface area contributed by atoms with E-state index >= 15 is 0 Å². The number of rotatable bonds is 8. The third-order valence-corrected chi connectivity index (χ3v) is 4.69. The molecule has 0 spiro atoms. The normalized spacial score (nSPS) is 11.3. The van der Waals surface area contributed by atoms with E-state index in [2.05, 4.69) is 35.7 Å². The average Bonchev–Trinajstić information content (AvgIpc) is 2.74. The zero-order chi connectivity index (χ0) is 20.5. The van der Waals surface area contributed by atoms with Gasteiger partial charge in [0.1, 0.15) is 0 Å². The summed E-state index contributed by atoms with van der Waals surface area (Å²) < 4.78 is 37.8. The zero-order valence-electron chi connectivity index (χ0n) is 16.1. The highest BCUT2D eigenvalue weighted by Gasteiger charge is 2.29. The number of hydrogen-bond donors (Lipinski definition) is 1. The number of allylic oxidation sites excluding steroid dienone is 1. The number of halogens is 3. The monoisotopic (exact) mass is 395 g/mol. The molecule has 0 atom stereocenters. The molecule has 3 aromatic carbocycles. The van der Waals surface area contributed by atoms with Crippen LogP contribution in [0.3, 0.4) is 0 Å². The average molecular weight is 395 g/mol. The molecule has 1 nitrogen and oxygen atoms in total. The van der Waals surface area contributed by atoms with Gasteiger partial charge in [0.15, 0.2) is 0 Å². The van der Waals surface area contributed by atoms with E-state index in [9.17, 15) is 13.2 Å². The van der Waals surface area contributed by atoms with Crippen LogP contribution >= 0.6 is 0 Å². The highest BCUT2D eigenvalue weighted by Crippen LogP contribution is 2.29. The summed E-state index contributed by atoms with van der Waals surface area (Å²) in [6.07, 6.45) is -0.166. The number of unbranched alkanes of at least 4 members (excludes halogenated alkanes) is 1. The SMILES string of the molecule is FC(F)(F)c1ccc(CNCCCC=C(c2ccccc2)c2ccccc2)cc1. The van der Waals surface area contributed by atoms with Crippen molar-refractivity contribution in [2.45, 2.75) is 25.6 Å². The standard InChI is InChI=1S/C25H24F3N/c26-25(27,28)23-16-14-20(15-17-23)19-29-18-8-7-13-24(21-9-3-1-4-10-21)22-11-5-2-6-12-22/h1-6,9-17,29H,7-8,18-19H2. The van der Waals surface area contributed by atoms with Crippen molar-refractivity contribution in [1.29, 1.82) is 0 Å². The smallest absolute Gasteiger partial charge is 0.313 e. The van der Waals surface area contributed by atoms with Gasteiger partial charge in [0.25, 0.3) is 0 Å². The lowest BCUT2D eigenvalue weighted by atomic mass is 9.96. The molecule has 0 fully saturated rings. The zero-order valence-corrected chi connectivity index (χ0v) is 16.1. The van der Waals surface area contributed by atoms with Crippen LogP contribution in [-0.4, -0.2) is 6.54 Å². The van der Waals surface area contributed by atoms with Gasteiger partial charge in [0.2, 0.25) is 0 Å². The van der Waals surface area contributed by atoms with Crippen LogP contribution in [0.4, 0.5) is 13.2 Å². The molecule has 3 aromatic rings. The second-order valence-electron chi connectivity index (χ2n) is 6.86. The summed E-state index contributed by atoms with van der Waals surface area (Å²) in [6, 6.07) is 25.9. The Morgan fingerprint density at radius 1 is 0.759 bits per heavy atom. The van der Waals surface area contributed by atoms with Gasteiger partial charge < -0.3 is 5.32 Å². The number of hydrogen-bond acceptors (Lipinski definition) is 1. The van der Waals surface area contributed by atoms with Gasteiger partial charge in [-0.05, 0) is 53.8 Å². The highest BCUT2D eigenvalue weighted by atomic mass is 19.4. The highest BCUT2D eigenvalue weighted by molar-refractivity contribution is 5.79. The Hall–Kier alpha value is -2.85. The summed E-state index contributed by atoms with van der Waals surface area (Å²) in [4.78, 5) is 0. The first-order valence-corrected chi connectivity index (χ1v) is 9.72. The van der Waals surface area contributed by atoms with E-state index in [4.69, 9.17) is 0 Å². The molecule has 0 aromatic heterocycles. The van der Waals surface area contributed by atoms with Crippen molar-refractivity contribution in [3.8, 4) is 0 Å². The molecule has 0 bridgehead atoms. The molecule has 29 heavy (non-hydrogen) atoms. The summed E-state index contributed by atoms with van der Waals surface area (Å²) in [5, 5.41) is 3.30. The molecule has 150 valence electrons. The van der Waals surface area contributed by atoms with Gasteiger partial charge in [-0.2, -0.15) is 13.2 Å². The van der Waals surface area contributed by atoms with Gasteiger partial charge in [-0.1, -0.05) is 78.9 Å². The minimum atomic E-state index is -4.28. The lowest BCUT2D eigenvalue weighted by molar-refractivity contribution is -0.137. The Kier molecular flexibility index (Phi) is 7.25. The van der Waals surface area contributed by atoms with Crippen molar-refractivity contribution in [2.24, 2.45) is 0 Å². The molecule has 0 saturated heterocycles. The third kappa shape index (κ3) is 6.33. The Morgan fingerprint density at radius 2 is 1.31 bits per heavy atom. The molecule has 0 heterocycles. The van der Waals surface area contributed by atoms with E-state index in [1.165, 1.54) is 28.8 Å². The van der Waals surface area contributed by atoms with E-state index in [1.54, 1.807) is 0 Å². The van der Waals surface area contributed by atoms with E-state index < -0.39 is 11.7 Å². The Morgan fingerprint density at radius 3 is 1.83 bits per heavy atom. The van der Waals surface area contributed by atoms with Gasteiger partial charge in [-0.25, -0.2) is 0 Å². The molecule has 0 aliphatic carbocycles. The Balaban J connectivity index is 1.51. The second-order valence-corrected chi connectivity index (χ2v) is 6.86. The molecule has 0 radical (unpaired) electrons. The van der Waals surface area contributed by atoms with Gasteiger partial charge >= 0.3 is 6.18 Å². The molecule has 0 amide bonds. The van der Waals surface area contributed by atoms with Crippen molar-refractivity contribution in [3.05, 3.63) is 113 Å². The van der Waals surface area contributed by atoms with E-state index in [0.717, 1.165) is 37.1 Å². The minimum Gasteiger partial charge on any atom is -0.313 e. The van der Waals surface area contributed by atoms with Gasteiger partial charge in [-0.15, -0.1) is 0 Å². The fourth-order valence-corrected chi connectivity index (χ4v) is 3.16. The summed E-state index contributed by atoms with van der Waals surface area (Å²) >= 11 is 0. The van der Waals surface area contributed by atoms with Crippen molar-refractivity contribution >= 4 is 5.57 Å². The Labute approximate surface area is 169 Å². The third-order valence-electron chi connectivity index (χ3n) is 4.69. The van der Waals surface area contributed by atoms with Gasteiger partial charge in [0.05, 0.1) is 5.56 Å². The van der Waals surface area contributed by atoms with E-state index in [0.29, 0.717) is 6.54 Å². The first kappa shape index (κ1) is 20.9. The molecule has 3 rings (SSSR count). The van der Waals surface area contributed by atoms with Crippen LogP contribution in [0.25, 0.3) is 5.57 Å². The first-order chi connectivity index (χ1) is 14.0. The van der Waals surface area contributed by atoms with Crippen molar-refractivity contribution in [3.63, 3.8) is 0 Å². The lowest BCUT2D eigenvalue weighted by Gasteiger charge is -2.10. The van der Waals surface area contributed by atoms with Crippen molar-refractivity contribution in [1.82, 2.24) is 5.32 Å². The Bertz CT molecular complexity index is 857. The number of nitrogens with one attached hydrogen (secondary N) is 1. The van der Waals surface area contributed by atoms with Crippen molar-refractivity contribution in [2.75, 3.05) is 6.54 Å².